The predicted octanol–water partition coefficient (Wildman–Crippen LogP) is 0.525. The molecule has 0 aliphatic rings. The van der Waals surface area contributed by atoms with Crippen molar-refractivity contribution in [3.63, 3.8) is 0 Å². The molecule has 0 saturated heterocycles. The second-order valence-corrected chi connectivity index (χ2v) is 1.56. The van der Waals surface area contributed by atoms with Gasteiger partial charge >= 0.3 is 0 Å². The normalized spacial score (nSPS) is 10.3. The lowest BCUT2D eigenvalue weighted by Crippen LogP contribution is -1.83. The van der Waals surface area contributed by atoms with Crippen LogP contribution >= 0.6 is 0 Å². The van der Waals surface area contributed by atoms with E-state index < -0.39 is 0 Å². The fraction of sp³-hybridized carbons (Fsp3) is 0.167. The molecule has 3 heteroatoms. The number of rotatable bonds is 1. The van der Waals surface area contributed by atoms with E-state index in [0.717, 1.165) is 5.56 Å². The largest absolute Gasteiger partial charge is 0.296 e. The van der Waals surface area contributed by atoms with Crippen LogP contribution in [0, 0.1) is 0 Å². The molecule has 0 bridgehead atoms. The van der Waals surface area contributed by atoms with E-state index in [0.29, 0.717) is 0 Å². The van der Waals surface area contributed by atoms with Gasteiger partial charge in [0, 0.05) is 31.2 Å². The van der Waals surface area contributed by atoms with Gasteiger partial charge in [-0.3, -0.25) is 4.99 Å². The molecular weight excluding hydrogens is 114 g/mol. The van der Waals surface area contributed by atoms with E-state index in [4.69, 9.17) is 0 Å². The van der Waals surface area contributed by atoms with Crippen molar-refractivity contribution < 1.29 is 0 Å². The predicted molar refractivity (Wildman–Crippen MR) is 35.6 cm³/mol. The van der Waals surface area contributed by atoms with Crippen molar-refractivity contribution in [2.75, 3.05) is 7.05 Å². The Morgan fingerprint density at radius 3 is 2.67 bits per heavy atom. The first-order chi connectivity index (χ1) is 4.43. The topological polar surface area (TPSA) is 38.1 Å². The summed E-state index contributed by atoms with van der Waals surface area (Å²) in [4.78, 5) is 11.4. The first-order valence-corrected chi connectivity index (χ1v) is 2.60. The van der Waals surface area contributed by atoms with Crippen LogP contribution in [0.5, 0.6) is 0 Å². The highest BCUT2D eigenvalue weighted by Gasteiger charge is 1.81. The van der Waals surface area contributed by atoms with Crippen molar-refractivity contribution in [3.8, 4) is 0 Å². The molecule has 0 aliphatic carbocycles. The monoisotopic (exact) mass is 121 g/mol. The highest BCUT2D eigenvalue weighted by molar-refractivity contribution is 5.78. The van der Waals surface area contributed by atoms with Crippen LogP contribution in [0.2, 0.25) is 0 Å². The molecule has 0 aliphatic heterocycles. The Hall–Kier alpha value is -1.25. The fourth-order valence-electron chi connectivity index (χ4n) is 0.526. The maximum atomic E-state index is 3.80. The summed E-state index contributed by atoms with van der Waals surface area (Å²) < 4.78 is 0. The summed E-state index contributed by atoms with van der Waals surface area (Å²) in [6.45, 7) is 0. The van der Waals surface area contributed by atoms with Gasteiger partial charge in [0.2, 0.25) is 0 Å². The molecule has 0 spiro atoms. The lowest BCUT2D eigenvalue weighted by atomic mass is 10.4. The second-order valence-electron chi connectivity index (χ2n) is 1.56. The van der Waals surface area contributed by atoms with Gasteiger partial charge in [0.1, 0.15) is 6.33 Å². The van der Waals surface area contributed by atoms with Gasteiger partial charge in [0.05, 0.1) is 0 Å². The molecule has 0 N–H and O–H groups in total. The number of aromatic nitrogens is 2. The molecule has 0 radical (unpaired) electrons. The van der Waals surface area contributed by atoms with Gasteiger partial charge in [-0.2, -0.15) is 0 Å². The average Bonchev–Trinajstić information content (AvgIpc) is 1.91. The number of nitrogens with zero attached hydrogens (tertiary/aromatic N) is 3. The van der Waals surface area contributed by atoms with Crippen LogP contribution in [-0.2, 0) is 0 Å². The fourth-order valence-corrected chi connectivity index (χ4v) is 0.526. The molecule has 1 aromatic rings. The van der Waals surface area contributed by atoms with E-state index >= 15 is 0 Å². The smallest absolute Gasteiger partial charge is 0.115 e. The minimum Gasteiger partial charge on any atom is -0.296 e. The highest BCUT2D eigenvalue weighted by Crippen LogP contribution is 1.85. The van der Waals surface area contributed by atoms with Gasteiger partial charge in [0.15, 0.2) is 0 Å². The molecule has 46 valence electrons. The molecule has 0 fully saturated rings. The van der Waals surface area contributed by atoms with E-state index in [2.05, 4.69) is 15.0 Å². The Balaban J connectivity index is 2.85. The van der Waals surface area contributed by atoms with Gasteiger partial charge in [-0.25, -0.2) is 9.97 Å². The lowest BCUT2D eigenvalue weighted by Gasteiger charge is -1.84. The average molecular weight is 121 g/mol. The van der Waals surface area contributed by atoms with Gasteiger partial charge in [0.25, 0.3) is 0 Å². The van der Waals surface area contributed by atoms with Crippen LogP contribution in [0.15, 0.2) is 23.7 Å². The summed E-state index contributed by atoms with van der Waals surface area (Å²) in [5.41, 5.74) is 0.931. The zero-order valence-corrected chi connectivity index (χ0v) is 5.15. The number of hydrogen-bond acceptors (Lipinski definition) is 3. The van der Waals surface area contributed by atoms with Gasteiger partial charge in [-0.15, -0.1) is 0 Å². The van der Waals surface area contributed by atoms with Crippen molar-refractivity contribution >= 4 is 6.21 Å². The maximum absolute atomic E-state index is 3.80. The summed E-state index contributed by atoms with van der Waals surface area (Å²) >= 11 is 0. The SMILES string of the molecule is C/N=C/c1cncnc1. The minimum atomic E-state index is 0.931. The van der Waals surface area contributed by atoms with Crippen LogP contribution in [0.25, 0.3) is 0 Å². The Labute approximate surface area is 53.5 Å². The van der Waals surface area contributed by atoms with Gasteiger partial charge in [-0.1, -0.05) is 0 Å². The Morgan fingerprint density at radius 1 is 1.44 bits per heavy atom. The number of aliphatic imine (C=N–C) groups is 1. The van der Waals surface area contributed by atoms with Crippen LogP contribution in [0.3, 0.4) is 0 Å². The summed E-state index contributed by atoms with van der Waals surface area (Å²) in [5.74, 6) is 0. The Bertz CT molecular complexity index is 193. The summed E-state index contributed by atoms with van der Waals surface area (Å²) in [6, 6.07) is 0. The summed E-state index contributed by atoms with van der Waals surface area (Å²) in [6.07, 6.45) is 6.62. The van der Waals surface area contributed by atoms with Crippen molar-refractivity contribution in [3.05, 3.63) is 24.3 Å². The lowest BCUT2D eigenvalue weighted by molar-refractivity contribution is 1.16. The zero-order valence-electron chi connectivity index (χ0n) is 5.15. The van der Waals surface area contributed by atoms with E-state index in [9.17, 15) is 0 Å². The molecule has 0 saturated carbocycles. The molecule has 0 amide bonds. The first-order valence-electron chi connectivity index (χ1n) is 2.60. The van der Waals surface area contributed by atoms with Crippen molar-refractivity contribution in [1.29, 1.82) is 0 Å². The van der Waals surface area contributed by atoms with E-state index in [1.54, 1.807) is 25.7 Å². The minimum absolute atomic E-state index is 0.931. The van der Waals surface area contributed by atoms with E-state index in [1.165, 1.54) is 6.33 Å². The molecule has 0 atom stereocenters. The van der Waals surface area contributed by atoms with Crippen molar-refractivity contribution in [2.24, 2.45) is 4.99 Å². The third kappa shape index (κ3) is 1.60. The van der Waals surface area contributed by atoms with Gasteiger partial charge in [-0.05, 0) is 0 Å². The summed E-state index contributed by atoms with van der Waals surface area (Å²) in [7, 11) is 1.72. The standard InChI is InChI=1S/C6H7N3/c1-7-2-6-3-8-5-9-4-6/h2-5H,1H3/b7-2+. The molecule has 9 heavy (non-hydrogen) atoms. The van der Waals surface area contributed by atoms with Crippen molar-refractivity contribution in [1.82, 2.24) is 9.97 Å². The van der Waals surface area contributed by atoms with Crippen LogP contribution < -0.4 is 0 Å². The molecular formula is C6H7N3. The quantitative estimate of drug-likeness (QED) is 0.508. The zero-order chi connectivity index (χ0) is 6.53. The van der Waals surface area contributed by atoms with Crippen molar-refractivity contribution in [2.45, 2.75) is 0 Å². The molecule has 1 aromatic heterocycles. The molecule has 1 heterocycles. The van der Waals surface area contributed by atoms with Crippen LogP contribution in [-0.4, -0.2) is 23.2 Å². The summed E-state index contributed by atoms with van der Waals surface area (Å²) in [5, 5.41) is 0. The maximum Gasteiger partial charge on any atom is 0.115 e. The van der Waals surface area contributed by atoms with Crippen LogP contribution in [0.1, 0.15) is 5.56 Å². The molecule has 1 rings (SSSR count). The molecule has 0 unspecified atom stereocenters. The third-order valence-corrected chi connectivity index (χ3v) is 0.859. The van der Waals surface area contributed by atoms with E-state index in [1.807, 2.05) is 0 Å². The Morgan fingerprint density at radius 2 is 2.11 bits per heavy atom. The van der Waals surface area contributed by atoms with Gasteiger partial charge < -0.3 is 0 Å². The highest BCUT2D eigenvalue weighted by atomic mass is 14.8. The third-order valence-electron chi connectivity index (χ3n) is 0.859. The van der Waals surface area contributed by atoms with Crippen LogP contribution in [0.4, 0.5) is 0 Å². The second kappa shape index (κ2) is 2.91. The number of hydrogen-bond donors (Lipinski definition) is 0. The van der Waals surface area contributed by atoms with E-state index in [-0.39, 0.29) is 0 Å². The first kappa shape index (κ1) is 5.88. The molecule has 3 nitrogen and oxygen atoms in total. The Kier molecular flexibility index (Phi) is 1.90. The molecule has 0 aromatic carbocycles.